The highest BCUT2D eigenvalue weighted by molar-refractivity contribution is 7.18. The van der Waals surface area contributed by atoms with E-state index < -0.39 is 0 Å². The highest BCUT2D eigenvalue weighted by Crippen LogP contribution is 2.36. The molecule has 1 aliphatic heterocycles. The normalized spacial score (nSPS) is 18.1. The summed E-state index contributed by atoms with van der Waals surface area (Å²) in [5.41, 5.74) is 1.59. The Labute approximate surface area is 153 Å². The zero-order valence-electron chi connectivity index (χ0n) is 14.1. The molecule has 2 aromatic carbocycles. The molecule has 26 heavy (non-hydrogen) atoms. The first-order valence-corrected chi connectivity index (χ1v) is 9.53. The Hall–Kier alpha value is -2.64. The molecule has 1 saturated heterocycles. The van der Waals surface area contributed by atoms with Gasteiger partial charge in [-0.15, -0.1) is 16.4 Å². The summed E-state index contributed by atoms with van der Waals surface area (Å²) in [6.07, 6.45) is 2.14. The zero-order chi connectivity index (χ0) is 17.5. The molecule has 3 heterocycles. The van der Waals surface area contributed by atoms with Crippen molar-refractivity contribution in [2.45, 2.75) is 25.6 Å². The van der Waals surface area contributed by atoms with Gasteiger partial charge in [-0.3, -0.25) is 9.69 Å². The largest absolute Gasteiger partial charge is 0.278 e. The van der Waals surface area contributed by atoms with Gasteiger partial charge in [0.15, 0.2) is 0 Å². The number of benzene rings is 2. The second-order valence-electron chi connectivity index (χ2n) is 6.54. The Morgan fingerprint density at radius 1 is 1.08 bits per heavy atom. The van der Waals surface area contributed by atoms with E-state index >= 15 is 0 Å². The van der Waals surface area contributed by atoms with Crippen molar-refractivity contribution in [2.75, 3.05) is 6.54 Å². The average Bonchev–Trinajstić information content (AvgIpc) is 3.30. The van der Waals surface area contributed by atoms with Gasteiger partial charge in [-0.1, -0.05) is 29.5 Å². The Morgan fingerprint density at radius 2 is 1.88 bits per heavy atom. The van der Waals surface area contributed by atoms with E-state index in [1.165, 1.54) is 9.38 Å². The third-order valence-electron chi connectivity index (χ3n) is 4.90. The fourth-order valence-corrected chi connectivity index (χ4v) is 4.73. The number of rotatable bonds is 3. The summed E-state index contributed by atoms with van der Waals surface area (Å²) in [6, 6.07) is 15.8. The van der Waals surface area contributed by atoms with Gasteiger partial charge in [0.25, 0.3) is 5.56 Å². The summed E-state index contributed by atoms with van der Waals surface area (Å²) in [5, 5.41) is 10.1. The molecule has 0 radical (unpaired) electrons. The molecule has 7 heteroatoms. The van der Waals surface area contributed by atoms with Gasteiger partial charge >= 0.3 is 0 Å². The van der Waals surface area contributed by atoms with Gasteiger partial charge in [0.2, 0.25) is 0 Å². The number of hydrogen-bond donors (Lipinski definition) is 0. The van der Waals surface area contributed by atoms with Crippen LogP contribution in [0, 0.1) is 0 Å². The molecule has 0 spiro atoms. The summed E-state index contributed by atoms with van der Waals surface area (Å²) < 4.78 is 2.67. The molecule has 5 rings (SSSR count). The third-order valence-corrected chi connectivity index (χ3v) is 6.04. The van der Waals surface area contributed by atoms with Crippen molar-refractivity contribution in [3.63, 3.8) is 0 Å². The molecule has 1 aliphatic rings. The van der Waals surface area contributed by atoms with Crippen molar-refractivity contribution < 1.29 is 0 Å². The SMILES string of the molecule is O=c1c2ccccc2nnn1CN1CCC[C@@H]1c1nc2ccccc2s1. The smallest absolute Gasteiger partial charge is 0.275 e. The van der Waals surface area contributed by atoms with Crippen molar-refractivity contribution in [2.24, 2.45) is 0 Å². The molecule has 0 N–H and O–H groups in total. The van der Waals surface area contributed by atoms with Crippen LogP contribution in [0.2, 0.25) is 0 Å². The summed E-state index contributed by atoms with van der Waals surface area (Å²) in [5.74, 6) is 0. The zero-order valence-corrected chi connectivity index (χ0v) is 14.9. The highest BCUT2D eigenvalue weighted by Gasteiger charge is 2.29. The number of thiazole rings is 1. The Balaban J connectivity index is 1.48. The Morgan fingerprint density at radius 3 is 2.77 bits per heavy atom. The number of nitrogens with zero attached hydrogens (tertiary/aromatic N) is 5. The standard InChI is InChI=1S/C19H17N5OS/c25-19-13-6-1-2-7-14(13)21-22-24(19)12-23-11-5-9-16(23)18-20-15-8-3-4-10-17(15)26-18/h1-4,6-8,10,16H,5,9,11-12H2/t16-/m1/s1. The van der Waals surface area contributed by atoms with Gasteiger partial charge < -0.3 is 0 Å². The highest BCUT2D eigenvalue weighted by atomic mass is 32.1. The quantitative estimate of drug-likeness (QED) is 0.559. The minimum Gasteiger partial charge on any atom is -0.275 e. The molecule has 130 valence electrons. The van der Waals surface area contributed by atoms with Crippen molar-refractivity contribution in [1.82, 2.24) is 24.9 Å². The minimum atomic E-state index is -0.0921. The molecular formula is C19H17N5OS. The summed E-state index contributed by atoms with van der Waals surface area (Å²) in [4.78, 5) is 19.8. The lowest BCUT2D eigenvalue weighted by Gasteiger charge is -2.22. The minimum absolute atomic E-state index is 0.0921. The number of para-hydroxylation sites is 1. The maximum atomic E-state index is 12.7. The van der Waals surface area contributed by atoms with Crippen LogP contribution in [0.3, 0.4) is 0 Å². The average molecular weight is 363 g/mol. The molecule has 0 bridgehead atoms. The molecular weight excluding hydrogens is 346 g/mol. The Bertz CT molecular complexity index is 1120. The van der Waals surface area contributed by atoms with Gasteiger partial charge in [-0.05, 0) is 37.1 Å². The van der Waals surface area contributed by atoms with Crippen molar-refractivity contribution in [3.8, 4) is 0 Å². The van der Waals surface area contributed by atoms with Crippen LogP contribution in [-0.2, 0) is 6.67 Å². The maximum absolute atomic E-state index is 12.7. The van der Waals surface area contributed by atoms with Crippen LogP contribution >= 0.6 is 11.3 Å². The topological polar surface area (TPSA) is 63.9 Å². The third kappa shape index (κ3) is 2.60. The molecule has 0 aliphatic carbocycles. The van der Waals surface area contributed by atoms with Crippen LogP contribution < -0.4 is 5.56 Å². The van der Waals surface area contributed by atoms with Crippen molar-refractivity contribution in [1.29, 1.82) is 0 Å². The van der Waals surface area contributed by atoms with Crippen LogP contribution in [-0.4, -0.2) is 31.4 Å². The molecule has 0 amide bonds. The molecule has 0 unspecified atom stereocenters. The molecule has 0 saturated carbocycles. The number of aromatic nitrogens is 4. The second kappa shape index (κ2) is 6.26. The molecule has 6 nitrogen and oxygen atoms in total. The summed E-state index contributed by atoms with van der Waals surface area (Å²) in [7, 11) is 0. The molecule has 1 fully saturated rings. The van der Waals surface area contributed by atoms with Crippen LogP contribution in [0.1, 0.15) is 23.9 Å². The molecule has 2 aromatic heterocycles. The van der Waals surface area contributed by atoms with Gasteiger partial charge in [-0.2, -0.15) is 4.68 Å². The van der Waals surface area contributed by atoms with Crippen LogP contribution in [0.4, 0.5) is 0 Å². The van der Waals surface area contributed by atoms with Gasteiger partial charge in [0.05, 0.1) is 28.3 Å². The fraction of sp³-hybridized carbons (Fsp3) is 0.263. The number of fused-ring (bicyclic) bond motifs is 2. The van der Waals surface area contributed by atoms with E-state index in [-0.39, 0.29) is 11.6 Å². The second-order valence-corrected chi connectivity index (χ2v) is 7.61. The van der Waals surface area contributed by atoms with Crippen molar-refractivity contribution in [3.05, 3.63) is 63.9 Å². The molecule has 1 atom stereocenters. The van der Waals surface area contributed by atoms with Crippen LogP contribution in [0.5, 0.6) is 0 Å². The molecule has 4 aromatic rings. The first-order chi connectivity index (χ1) is 12.8. The predicted molar refractivity (Wildman–Crippen MR) is 102 cm³/mol. The van der Waals surface area contributed by atoms with E-state index in [4.69, 9.17) is 4.98 Å². The lowest BCUT2D eigenvalue weighted by Crippen LogP contribution is -2.34. The van der Waals surface area contributed by atoms with E-state index in [1.54, 1.807) is 17.4 Å². The first-order valence-electron chi connectivity index (χ1n) is 8.72. The van der Waals surface area contributed by atoms with E-state index in [9.17, 15) is 4.79 Å². The van der Waals surface area contributed by atoms with E-state index in [2.05, 4.69) is 21.3 Å². The number of hydrogen-bond acceptors (Lipinski definition) is 6. The van der Waals surface area contributed by atoms with E-state index in [1.807, 2.05) is 36.4 Å². The Kier molecular flexibility index (Phi) is 3.76. The van der Waals surface area contributed by atoms with E-state index in [0.29, 0.717) is 17.6 Å². The van der Waals surface area contributed by atoms with Gasteiger partial charge in [0.1, 0.15) is 10.5 Å². The van der Waals surface area contributed by atoms with E-state index in [0.717, 1.165) is 29.9 Å². The first kappa shape index (κ1) is 15.6. The number of likely N-dealkylation sites (tertiary alicyclic amines) is 1. The van der Waals surface area contributed by atoms with Crippen molar-refractivity contribution >= 4 is 32.5 Å². The lowest BCUT2D eigenvalue weighted by molar-refractivity contribution is 0.184. The van der Waals surface area contributed by atoms with Crippen LogP contribution in [0.15, 0.2) is 53.3 Å². The predicted octanol–water partition coefficient (Wildman–Crippen LogP) is 3.20. The maximum Gasteiger partial charge on any atom is 0.278 e. The van der Waals surface area contributed by atoms with Gasteiger partial charge in [-0.25, -0.2) is 4.98 Å². The lowest BCUT2D eigenvalue weighted by atomic mass is 10.2. The van der Waals surface area contributed by atoms with Crippen LogP contribution in [0.25, 0.3) is 21.1 Å². The van der Waals surface area contributed by atoms with Gasteiger partial charge in [0, 0.05) is 6.54 Å². The summed E-state index contributed by atoms with van der Waals surface area (Å²) >= 11 is 1.74. The summed E-state index contributed by atoms with van der Waals surface area (Å²) in [6.45, 7) is 1.37. The monoisotopic (exact) mass is 363 g/mol. The fourth-order valence-electron chi connectivity index (χ4n) is 3.60.